The Hall–Kier alpha value is -3.52. The topological polar surface area (TPSA) is 95.0 Å². The van der Waals surface area contributed by atoms with Crippen LogP contribution in [-0.4, -0.2) is 39.5 Å². The molecule has 0 unspecified atom stereocenters. The molecule has 2 N–H and O–H groups in total. The van der Waals surface area contributed by atoms with E-state index in [0.717, 1.165) is 23.4 Å². The molecule has 4 aromatic rings. The zero-order valence-corrected chi connectivity index (χ0v) is 17.2. The monoisotopic (exact) mass is 420 g/mol. The molecule has 0 aliphatic rings. The molecule has 0 radical (unpaired) electrons. The first-order chi connectivity index (χ1) is 14.5. The summed E-state index contributed by atoms with van der Waals surface area (Å²) in [6.07, 6.45) is 1.42. The lowest BCUT2D eigenvalue weighted by atomic mass is 10.1. The number of aromatic nitrogens is 3. The fraction of sp³-hybridized carbons (Fsp3) is 0.182. The second-order valence-electron chi connectivity index (χ2n) is 7.04. The fourth-order valence-corrected chi connectivity index (χ4v) is 3.49. The van der Waals surface area contributed by atoms with Gasteiger partial charge in [-0.15, -0.1) is 0 Å². The second kappa shape index (κ2) is 8.46. The molecular weight excluding hydrogens is 400 g/mol. The maximum absolute atomic E-state index is 12.8. The molecule has 0 spiro atoms. The van der Waals surface area contributed by atoms with Crippen molar-refractivity contribution >= 4 is 29.0 Å². The minimum Gasteiger partial charge on any atom is -0.361 e. The Morgan fingerprint density at radius 3 is 2.73 bits per heavy atom. The molecule has 2 aromatic carbocycles. The molecule has 2 heterocycles. The first-order valence-corrected chi connectivity index (χ1v) is 9.95. The predicted molar refractivity (Wildman–Crippen MR) is 117 cm³/mol. The van der Waals surface area contributed by atoms with Gasteiger partial charge in [0.05, 0.1) is 10.9 Å². The van der Waals surface area contributed by atoms with Gasteiger partial charge in [0, 0.05) is 37.2 Å². The van der Waals surface area contributed by atoms with Gasteiger partial charge >= 0.3 is 0 Å². The lowest BCUT2D eigenvalue weighted by Crippen LogP contribution is -2.28. The fourth-order valence-electron chi connectivity index (χ4n) is 3.29. The number of carbonyl (C=O) groups excluding carboxylic acids is 1. The molecule has 152 valence electrons. The Morgan fingerprint density at radius 2 is 1.93 bits per heavy atom. The van der Waals surface area contributed by atoms with Crippen molar-refractivity contribution in [1.82, 2.24) is 20.0 Å². The van der Waals surface area contributed by atoms with Gasteiger partial charge in [0.2, 0.25) is 0 Å². The summed E-state index contributed by atoms with van der Waals surface area (Å²) in [5.41, 5.74) is 2.57. The van der Waals surface area contributed by atoms with Crippen molar-refractivity contribution in [2.45, 2.75) is 12.8 Å². The van der Waals surface area contributed by atoms with E-state index >= 15 is 0 Å². The Morgan fingerprint density at radius 1 is 1.13 bits per heavy atom. The van der Waals surface area contributed by atoms with Gasteiger partial charge in [0.25, 0.3) is 11.5 Å². The molecule has 0 aliphatic heterocycles. The highest BCUT2D eigenvalue weighted by atomic mass is 32.1. The normalized spacial score (nSPS) is 11.0. The lowest BCUT2D eigenvalue weighted by molar-refractivity contribution is 0.0793. The van der Waals surface area contributed by atoms with Crippen LogP contribution < -0.4 is 5.56 Å². The van der Waals surface area contributed by atoms with E-state index in [1.807, 2.05) is 36.4 Å². The number of H-pyrrole nitrogens is 2. The lowest BCUT2D eigenvalue weighted by Gasteiger charge is -2.17. The standard InChI is InChI=1S/C22H20N4O3S/c1-26(11-5-8-16-13-18(25-29-16)14-6-3-2-4-7-14)21(28)15-9-10-17-19(12-15)23-22(30)24-20(17)27/h2-4,6-7,9-10,12-13H,5,8,11H2,1H3,(H2,23,24,27,30). The maximum Gasteiger partial charge on any atom is 0.259 e. The number of hydrogen-bond acceptors (Lipinski definition) is 5. The summed E-state index contributed by atoms with van der Waals surface area (Å²) in [6.45, 7) is 0.559. The molecule has 0 saturated carbocycles. The first kappa shape index (κ1) is 19.8. The first-order valence-electron chi connectivity index (χ1n) is 9.54. The van der Waals surface area contributed by atoms with Crippen LogP contribution in [0.4, 0.5) is 0 Å². The quantitative estimate of drug-likeness (QED) is 0.461. The molecule has 0 atom stereocenters. The Bertz CT molecular complexity index is 1310. The summed E-state index contributed by atoms with van der Waals surface area (Å²) < 4.78 is 5.65. The van der Waals surface area contributed by atoms with E-state index in [0.29, 0.717) is 29.4 Å². The molecule has 30 heavy (non-hydrogen) atoms. The van der Waals surface area contributed by atoms with E-state index in [2.05, 4.69) is 15.1 Å². The van der Waals surface area contributed by atoms with E-state index in [9.17, 15) is 9.59 Å². The highest BCUT2D eigenvalue weighted by Crippen LogP contribution is 2.19. The van der Waals surface area contributed by atoms with Crippen molar-refractivity contribution < 1.29 is 9.32 Å². The molecule has 0 bridgehead atoms. The maximum atomic E-state index is 12.8. The summed E-state index contributed by atoms with van der Waals surface area (Å²) in [5.74, 6) is 0.659. The summed E-state index contributed by atoms with van der Waals surface area (Å²) in [7, 11) is 1.75. The number of rotatable bonds is 6. The molecular formula is C22H20N4O3S. The smallest absolute Gasteiger partial charge is 0.259 e. The highest BCUT2D eigenvalue weighted by molar-refractivity contribution is 7.71. The van der Waals surface area contributed by atoms with Crippen molar-refractivity contribution in [2.24, 2.45) is 0 Å². The number of nitrogens with zero attached hydrogens (tertiary/aromatic N) is 2. The van der Waals surface area contributed by atoms with E-state index in [-0.39, 0.29) is 16.2 Å². The Balaban J connectivity index is 1.38. The van der Waals surface area contributed by atoms with E-state index < -0.39 is 0 Å². The zero-order valence-electron chi connectivity index (χ0n) is 16.3. The van der Waals surface area contributed by atoms with Crippen LogP contribution in [-0.2, 0) is 6.42 Å². The van der Waals surface area contributed by atoms with Crippen LogP contribution in [0.2, 0.25) is 0 Å². The molecule has 4 rings (SSSR count). The third-order valence-electron chi connectivity index (χ3n) is 4.88. The molecule has 2 aromatic heterocycles. The van der Waals surface area contributed by atoms with Crippen LogP contribution in [0.1, 0.15) is 22.5 Å². The van der Waals surface area contributed by atoms with Crippen LogP contribution in [0.15, 0.2) is 63.9 Å². The summed E-state index contributed by atoms with van der Waals surface area (Å²) >= 11 is 5.00. The number of aromatic amines is 2. The minimum absolute atomic E-state index is 0.126. The molecule has 0 aliphatic carbocycles. The van der Waals surface area contributed by atoms with Crippen molar-refractivity contribution in [2.75, 3.05) is 13.6 Å². The highest BCUT2D eigenvalue weighted by Gasteiger charge is 2.14. The summed E-state index contributed by atoms with van der Waals surface area (Å²) in [4.78, 5) is 31.8. The van der Waals surface area contributed by atoms with E-state index in [1.165, 1.54) is 0 Å². The van der Waals surface area contributed by atoms with Gasteiger partial charge in [0.1, 0.15) is 11.5 Å². The van der Waals surface area contributed by atoms with Gasteiger partial charge in [-0.1, -0.05) is 35.5 Å². The molecule has 0 fully saturated rings. The average Bonchev–Trinajstić information content (AvgIpc) is 3.22. The van der Waals surface area contributed by atoms with Crippen molar-refractivity contribution in [3.05, 3.63) is 81.0 Å². The SMILES string of the molecule is CN(CCCc1cc(-c2ccccc2)no1)C(=O)c1ccc2c(=O)[nH]c(=S)[nH]c2c1. The number of fused-ring (bicyclic) bond motifs is 1. The van der Waals surface area contributed by atoms with Crippen molar-refractivity contribution in [1.29, 1.82) is 0 Å². The molecule has 0 saturated heterocycles. The molecule has 1 amide bonds. The van der Waals surface area contributed by atoms with Crippen LogP contribution in [0, 0.1) is 4.77 Å². The largest absolute Gasteiger partial charge is 0.361 e. The number of nitrogens with one attached hydrogen (secondary N) is 2. The second-order valence-corrected chi connectivity index (χ2v) is 7.45. The van der Waals surface area contributed by atoms with E-state index in [1.54, 1.807) is 30.1 Å². The minimum atomic E-state index is -0.275. The third kappa shape index (κ3) is 4.23. The van der Waals surface area contributed by atoms with Gasteiger partial charge in [-0.3, -0.25) is 14.6 Å². The number of carbonyl (C=O) groups is 1. The number of hydrogen-bond donors (Lipinski definition) is 2. The molecule has 8 heteroatoms. The van der Waals surface area contributed by atoms with Crippen LogP contribution in [0.3, 0.4) is 0 Å². The Labute approximate surface area is 177 Å². The number of amides is 1. The van der Waals surface area contributed by atoms with Gasteiger partial charge in [-0.05, 0) is 36.8 Å². The average molecular weight is 420 g/mol. The third-order valence-corrected chi connectivity index (χ3v) is 5.08. The van der Waals surface area contributed by atoms with Gasteiger partial charge in [-0.2, -0.15) is 0 Å². The van der Waals surface area contributed by atoms with Crippen molar-refractivity contribution in [3.63, 3.8) is 0 Å². The summed E-state index contributed by atoms with van der Waals surface area (Å²) in [5, 5.41) is 4.57. The predicted octanol–water partition coefficient (Wildman–Crippen LogP) is 3.95. The van der Waals surface area contributed by atoms with Crippen LogP contribution >= 0.6 is 12.2 Å². The number of aryl methyl sites for hydroxylation is 1. The van der Waals surface area contributed by atoms with E-state index in [4.69, 9.17) is 16.7 Å². The van der Waals surface area contributed by atoms with Crippen molar-refractivity contribution in [3.8, 4) is 11.3 Å². The molecule has 7 nitrogen and oxygen atoms in total. The van der Waals surface area contributed by atoms with Crippen LogP contribution in [0.5, 0.6) is 0 Å². The van der Waals surface area contributed by atoms with Gasteiger partial charge < -0.3 is 14.4 Å². The van der Waals surface area contributed by atoms with Gasteiger partial charge in [0.15, 0.2) is 4.77 Å². The summed E-state index contributed by atoms with van der Waals surface area (Å²) in [6, 6.07) is 16.7. The Kier molecular flexibility index (Phi) is 5.58. The van der Waals surface area contributed by atoms with Gasteiger partial charge in [-0.25, -0.2) is 0 Å². The number of benzene rings is 2. The zero-order chi connectivity index (χ0) is 21.1. The van der Waals surface area contributed by atoms with Crippen LogP contribution in [0.25, 0.3) is 22.2 Å².